The van der Waals surface area contributed by atoms with E-state index in [1.54, 1.807) is 24.5 Å². The van der Waals surface area contributed by atoms with Crippen molar-refractivity contribution < 1.29 is 50.9 Å². The first-order chi connectivity index (χ1) is 16.1. The van der Waals surface area contributed by atoms with Crippen LogP contribution in [0.15, 0.2) is 36.8 Å². The van der Waals surface area contributed by atoms with Gasteiger partial charge in [0.15, 0.2) is 0 Å². The maximum Gasteiger partial charge on any atom is 0.490 e. The minimum atomic E-state index is -5.08. The highest BCUT2D eigenvalue weighted by molar-refractivity contribution is 5.93. The van der Waals surface area contributed by atoms with Crippen LogP contribution in [0.25, 0.3) is 0 Å². The zero-order valence-corrected chi connectivity index (χ0v) is 18.0. The van der Waals surface area contributed by atoms with Crippen molar-refractivity contribution in [2.45, 2.75) is 31.4 Å². The first kappa shape index (κ1) is 29.3. The van der Waals surface area contributed by atoms with Gasteiger partial charge < -0.3 is 15.5 Å². The van der Waals surface area contributed by atoms with Gasteiger partial charge in [0.2, 0.25) is 0 Å². The van der Waals surface area contributed by atoms with Gasteiger partial charge in [-0.1, -0.05) is 0 Å². The molecule has 1 aliphatic rings. The largest absolute Gasteiger partial charge is 0.490 e. The summed E-state index contributed by atoms with van der Waals surface area (Å²) < 4.78 is 65.6. The molecule has 0 bridgehead atoms. The molecule has 0 saturated heterocycles. The molecule has 2 aromatic rings. The Morgan fingerprint density at radius 2 is 1.63 bits per heavy atom. The Hall–Kier alpha value is -3.69. The predicted octanol–water partition coefficient (Wildman–Crippen LogP) is 2.35. The van der Waals surface area contributed by atoms with Crippen molar-refractivity contribution in [2.75, 3.05) is 20.1 Å². The van der Waals surface area contributed by atoms with Crippen LogP contribution in [-0.2, 0) is 16.1 Å². The van der Waals surface area contributed by atoms with Crippen LogP contribution in [0, 0.1) is 0 Å². The van der Waals surface area contributed by atoms with E-state index in [0.29, 0.717) is 18.2 Å². The molecular formula is C19H21F6N5O5. The summed E-state index contributed by atoms with van der Waals surface area (Å²) in [6.07, 6.45) is -4.22. The van der Waals surface area contributed by atoms with Gasteiger partial charge in [0.05, 0.1) is 17.3 Å². The molecule has 3 rings (SSSR count). The zero-order valence-electron chi connectivity index (χ0n) is 18.0. The third kappa shape index (κ3) is 10.4. The molecule has 1 aliphatic heterocycles. The monoisotopic (exact) mass is 513 g/mol. The molecule has 0 spiro atoms. The van der Waals surface area contributed by atoms with Gasteiger partial charge >= 0.3 is 24.3 Å². The second kappa shape index (κ2) is 12.7. The average Bonchev–Trinajstić information content (AvgIpc) is 3.22. The number of aliphatic carboxylic acids is 2. The van der Waals surface area contributed by atoms with Gasteiger partial charge in [-0.2, -0.15) is 31.4 Å². The van der Waals surface area contributed by atoms with Gasteiger partial charge in [0, 0.05) is 38.2 Å². The van der Waals surface area contributed by atoms with Gasteiger partial charge in [-0.25, -0.2) is 9.59 Å². The fraction of sp³-hybridized carbons (Fsp3) is 0.421. The van der Waals surface area contributed by atoms with Crippen molar-refractivity contribution in [3.8, 4) is 0 Å². The molecule has 0 fully saturated rings. The summed E-state index contributed by atoms with van der Waals surface area (Å²) in [4.78, 5) is 36.0. The lowest BCUT2D eigenvalue weighted by atomic mass is 10.1. The zero-order chi connectivity index (χ0) is 26.8. The SMILES string of the molecule is CN1Cc2ccnn2C(CCNC(=O)c2cccnc2)C1.O=C(O)C(F)(F)F.O=C(O)C(F)(F)F. The first-order valence-electron chi connectivity index (χ1n) is 9.62. The molecule has 0 aliphatic carbocycles. The number of carboxylic acid groups (broad SMARTS) is 2. The summed E-state index contributed by atoms with van der Waals surface area (Å²) in [5.74, 6) is -5.59. The number of amides is 1. The number of nitrogens with zero attached hydrogens (tertiary/aromatic N) is 4. The number of carboxylic acids is 2. The van der Waals surface area contributed by atoms with E-state index < -0.39 is 24.3 Å². The lowest BCUT2D eigenvalue weighted by Gasteiger charge is -2.31. The summed E-state index contributed by atoms with van der Waals surface area (Å²) >= 11 is 0. The molecule has 35 heavy (non-hydrogen) atoms. The highest BCUT2D eigenvalue weighted by Crippen LogP contribution is 2.21. The summed E-state index contributed by atoms with van der Waals surface area (Å²) in [6, 6.07) is 5.89. The van der Waals surface area contributed by atoms with Crippen molar-refractivity contribution in [1.82, 2.24) is 25.0 Å². The molecule has 0 radical (unpaired) electrons. The van der Waals surface area contributed by atoms with Crippen LogP contribution in [-0.4, -0.2) is 80.2 Å². The van der Waals surface area contributed by atoms with E-state index in [1.165, 1.54) is 5.69 Å². The van der Waals surface area contributed by atoms with E-state index in [-0.39, 0.29) is 5.91 Å². The second-order valence-electron chi connectivity index (χ2n) is 7.01. The molecule has 1 atom stereocenters. The van der Waals surface area contributed by atoms with Crippen molar-refractivity contribution in [1.29, 1.82) is 0 Å². The van der Waals surface area contributed by atoms with E-state index in [2.05, 4.69) is 38.1 Å². The number of carbonyl (C=O) groups excluding carboxylic acids is 1. The number of likely N-dealkylation sites (N-methyl/N-ethyl adjacent to an activating group) is 1. The maximum atomic E-state index is 12.0. The molecule has 16 heteroatoms. The number of aromatic nitrogens is 3. The van der Waals surface area contributed by atoms with Gasteiger partial charge in [-0.15, -0.1) is 0 Å². The number of alkyl halides is 6. The number of halogens is 6. The fourth-order valence-electron chi connectivity index (χ4n) is 2.74. The van der Waals surface area contributed by atoms with E-state index in [4.69, 9.17) is 19.8 Å². The quantitative estimate of drug-likeness (QED) is 0.530. The van der Waals surface area contributed by atoms with E-state index in [9.17, 15) is 31.1 Å². The lowest BCUT2D eigenvalue weighted by molar-refractivity contribution is -0.193. The summed E-state index contributed by atoms with van der Waals surface area (Å²) in [5, 5.41) is 21.6. The van der Waals surface area contributed by atoms with Gasteiger partial charge in [0.1, 0.15) is 0 Å². The standard InChI is InChI=1S/C15H19N5O.2C2HF3O2/c1-19-10-13(20-14(11-19)5-8-18-20)4-7-17-15(21)12-3-2-6-16-9-12;2*3-2(4,5)1(6)7/h2-3,5-6,8-9,13H,4,7,10-11H2,1H3,(H,17,21);2*(H,6,7). The van der Waals surface area contributed by atoms with Crippen molar-refractivity contribution in [3.05, 3.63) is 48.0 Å². The molecule has 3 heterocycles. The van der Waals surface area contributed by atoms with Gasteiger partial charge in [-0.3, -0.25) is 19.4 Å². The fourth-order valence-corrected chi connectivity index (χ4v) is 2.74. The lowest BCUT2D eigenvalue weighted by Crippen LogP contribution is -2.37. The molecule has 1 amide bonds. The summed E-state index contributed by atoms with van der Waals surface area (Å²) in [6.45, 7) is 2.52. The number of nitrogens with one attached hydrogen (secondary N) is 1. The molecule has 10 nitrogen and oxygen atoms in total. The maximum absolute atomic E-state index is 12.0. The normalized spacial score (nSPS) is 15.5. The Morgan fingerprint density at radius 1 is 1.06 bits per heavy atom. The van der Waals surface area contributed by atoms with Crippen LogP contribution in [0.4, 0.5) is 26.3 Å². The Morgan fingerprint density at radius 3 is 2.11 bits per heavy atom. The topological polar surface area (TPSA) is 138 Å². The molecule has 0 aromatic carbocycles. The van der Waals surface area contributed by atoms with Crippen LogP contribution in [0.3, 0.4) is 0 Å². The predicted molar refractivity (Wildman–Crippen MR) is 106 cm³/mol. The van der Waals surface area contributed by atoms with Crippen LogP contribution in [0.1, 0.15) is 28.5 Å². The minimum Gasteiger partial charge on any atom is -0.475 e. The van der Waals surface area contributed by atoms with Crippen LogP contribution in [0.2, 0.25) is 0 Å². The highest BCUT2D eigenvalue weighted by atomic mass is 19.4. The third-order valence-electron chi connectivity index (χ3n) is 4.22. The Balaban J connectivity index is 0.000000362. The van der Waals surface area contributed by atoms with Gasteiger partial charge in [-0.05, 0) is 31.7 Å². The molecule has 0 saturated carbocycles. The number of hydrogen-bond donors (Lipinski definition) is 3. The Bertz CT molecular complexity index is 956. The summed E-state index contributed by atoms with van der Waals surface area (Å²) in [7, 11) is 2.11. The Labute approximate surface area is 194 Å². The molecule has 194 valence electrons. The Kier molecular flexibility index (Phi) is 10.6. The number of pyridine rings is 1. The molecule has 1 unspecified atom stereocenters. The van der Waals surface area contributed by atoms with Crippen LogP contribution >= 0.6 is 0 Å². The number of rotatable bonds is 4. The van der Waals surface area contributed by atoms with Crippen LogP contribution < -0.4 is 5.32 Å². The summed E-state index contributed by atoms with van der Waals surface area (Å²) in [5.41, 5.74) is 1.82. The molecular weight excluding hydrogens is 492 g/mol. The second-order valence-corrected chi connectivity index (χ2v) is 7.01. The van der Waals surface area contributed by atoms with Crippen molar-refractivity contribution in [3.63, 3.8) is 0 Å². The number of hydrogen-bond acceptors (Lipinski definition) is 6. The third-order valence-corrected chi connectivity index (χ3v) is 4.22. The van der Waals surface area contributed by atoms with Crippen molar-refractivity contribution in [2.24, 2.45) is 0 Å². The average molecular weight is 513 g/mol. The van der Waals surface area contributed by atoms with E-state index in [1.807, 2.05) is 6.20 Å². The molecule has 3 N–H and O–H groups in total. The first-order valence-corrected chi connectivity index (χ1v) is 9.62. The minimum absolute atomic E-state index is 0.0760. The van der Waals surface area contributed by atoms with E-state index in [0.717, 1.165) is 19.5 Å². The molecule has 2 aromatic heterocycles. The van der Waals surface area contributed by atoms with Crippen molar-refractivity contribution >= 4 is 17.8 Å². The number of carbonyl (C=O) groups is 3. The van der Waals surface area contributed by atoms with Crippen LogP contribution in [0.5, 0.6) is 0 Å². The smallest absolute Gasteiger partial charge is 0.475 e. The highest BCUT2D eigenvalue weighted by Gasteiger charge is 2.38. The van der Waals surface area contributed by atoms with E-state index >= 15 is 0 Å². The van der Waals surface area contributed by atoms with Gasteiger partial charge in [0.25, 0.3) is 5.91 Å². The number of fused-ring (bicyclic) bond motifs is 1.